The molecule has 3 aromatic carbocycles. The van der Waals surface area contributed by atoms with Crippen LogP contribution in [0.5, 0.6) is 17.2 Å². The first-order chi connectivity index (χ1) is 16.5. The summed E-state index contributed by atoms with van der Waals surface area (Å²) in [6.45, 7) is 2.41. The Morgan fingerprint density at radius 3 is 2.56 bits per heavy atom. The molecular weight excluding hydrogens is 430 g/mol. The molecule has 0 radical (unpaired) electrons. The molecule has 0 fully saturated rings. The molecule has 2 atom stereocenters. The molecule has 4 rings (SSSR count). The van der Waals surface area contributed by atoms with Crippen LogP contribution in [0.4, 0.5) is 0 Å². The summed E-state index contributed by atoms with van der Waals surface area (Å²) in [5.74, 6) is -0.135. The molecule has 0 spiro atoms. The Labute approximate surface area is 198 Å². The lowest BCUT2D eigenvalue weighted by Crippen LogP contribution is -2.21. The van der Waals surface area contributed by atoms with Gasteiger partial charge in [0.25, 0.3) is 0 Å². The van der Waals surface area contributed by atoms with Crippen molar-refractivity contribution >= 4 is 11.8 Å². The zero-order chi connectivity index (χ0) is 24.1. The van der Waals surface area contributed by atoms with Crippen LogP contribution in [-0.2, 0) is 4.79 Å². The Hall–Kier alpha value is -4.11. The van der Waals surface area contributed by atoms with Gasteiger partial charge in [-0.15, -0.1) is 0 Å². The van der Waals surface area contributed by atoms with Gasteiger partial charge in [0, 0.05) is 23.6 Å². The van der Waals surface area contributed by atoms with Gasteiger partial charge in [-0.1, -0.05) is 37.3 Å². The van der Waals surface area contributed by atoms with E-state index in [4.69, 9.17) is 9.47 Å². The van der Waals surface area contributed by atoms with Crippen LogP contribution in [0, 0.1) is 11.3 Å². The van der Waals surface area contributed by atoms with Crippen LogP contribution in [0.2, 0.25) is 0 Å². The van der Waals surface area contributed by atoms with Crippen molar-refractivity contribution in [2.75, 3.05) is 6.61 Å². The number of hydrogen-bond acceptors (Lipinski definition) is 5. The monoisotopic (exact) mass is 455 g/mol. The van der Waals surface area contributed by atoms with E-state index in [0.29, 0.717) is 41.4 Å². The van der Waals surface area contributed by atoms with E-state index in [2.05, 4.69) is 25.1 Å². The van der Waals surface area contributed by atoms with Gasteiger partial charge in [-0.25, -0.2) is 0 Å². The second-order valence-electron chi connectivity index (χ2n) is 8.43. The number of carbonyl (C=O) groups excluding carboxylic acids is 1. The maximum absolute atomic E-state index is 12.6. The number of benzene rings is 3. The number of hydrogen-bond donors (Lipinski definition) is 1. The largest absolute Gasteiger partial charge is 0.493 e. The molecule has 0 aromatic heterocycles. The Bertz CT molecular complexity index is 1230. The summed E-state index contributed by atoms with van der Waals surface area (Å²) in [4.78, 5) is 24.2. The van der Waals surface area contributed by atoms with Gasteiger partial charge < -0.3 is 14.6 Å². The highest BCUT2D eigenvalue weighted by molar-refractivity contribution is 5.96. The first kappa shape index (κ1) is 23.1. The van der Waals surface area contributed by atoms with Gasteiger partial charge >= 0.3 is 5.97 Å². The number of carboxylic acids is 1. The Balaban J connectivity index is 1.44. The molecule has 1 aliphatic heterocycles. The van der Waals surface area contributed by atoms with Crippen LogP contribution < -0.4 is 9.47 Å². The maximum atomic E-state index is 12.6. The molecular formula is C28H25NO5. The minimum absolute atomic E-state index is 0.0638. The average molecular weight is 456 g/mol. The highest BCUT2D eigenvalue weighted by Crippen LogP contribution is 2.39. The first-order valence-electron chi connectivity index (χ1n) is 11.3. The molecule has 1 unspecified atom stereocenters. The van der Waals surface area contributed by atoms with Crippen LogP contribution in [-0.4, -0.2) is 23.5 Å². The molecule has 6 heteroatoms. The molecule has 34 heavy (non-hydrogen) atoms. The van der Waals surface area contributed by atoms with E-state index in [0.717, 1.165) is 6.42 Å². The molecule has 0 saturated carbocycles. The molecule has 1 heterocycles. The molecule has 6 nitrogen and oxygen atoms in total. The SMILES string of the molecule is C[C@H](CCC(=O)c1ccc(Oc2cc3c(cc2C#N)C(C(=O)O)CCO3)cc1)c1ccccc1. The average Bonchev–Trinajstić information content (AvgIpc) is 2.87. The Kier molecular flexibility index (Phi) is 6.93. The predicted octanol–water partition coefficient (Wildman–Crippen LogP) is 6.07. The molecule has 3 aromatic rings. The van der Waals surface area contributed by atoms with Gasteiger partial charge in [0.15, 0.2) is 5.78 Å². The number of nitriles is 1. The summed E-state index contributed by atoms with van der Waals surface area (Å²) in [7, 11) is 0. The lowest BCUT2D eigenvalue weighted by molar-refractivity contribution is -0.139. The number of carbonyl (C=O) groups is 2. The van der Waals surface area contributed by atoms with E-state index >= 15 is 0 Å². The molecule has 1 N–H and O–H groups in total. The van der Waals surface area contributed by atoms with Crippen LogP contribution in [0.1, 0.15) is 65.1 Å². The van der Waals surface area contributed by atoms with Crippen molar-refractivity contribution in [1.29, 1.82) is 5.26 Å². The third-order valence-electron chi connectivity index (χ3n) is 6.15. The number of ether oxygens (including phenoxy) is 2. The number of ketones is 1. The Morgan fingerprint density at radius 2 is 1.88 bits per heavy atom. The number of aliphatic carboxylic acids is 1. The van der Waals surface area contributed by atoms with Gasteiger partial charge in [0.05, 0.1) is 18.1 Å². The van der Waals surface area contributed by atoms with E-state index < -0.39 is 11.9 Å². The normalized spacial score (nSPS) is 15.4. The molecule has 1 aliphatic rings. The van der Waals surface area contributed by atoms with Crippen molar-refractivity contribution in [2.45, 2.75) is 38.0 Å². The van der Waals surface area contributed by atoms with Crippen molar-refractivity contribution in [1.82, 2.24) is 0 Å². The number of carboxylic acid groups (broad SMARTS) is 1. The summed E-state index contributed by atoms with van der Waals surface area (Å²) in [6.07, 6.45) is 1.56. The topological polar surface area (TPSA) is 96.6 Å². The van der Waals surface area contributed by atoms with E-state index in [9.17, 15) is 20.0 Å². The van der Waals surface area contributed by atoms with Crippen LogP contribution in [0.15, 0.2) is 66.7 Å². The van der Waals surface area contributed by atoms with E-state index in [-0.39, 0.29) is 23.7 Å². The summed E-state index contributed by atoms with van der Waals surface area (Å²) >= 11 is 0. The molecule has 0 saturated heterocycles. The zero-order valence-corrected chi connectivity index (χ0v) is 18.9. The quantitative estimate of drug-likeness (QED) is 0.414. The number of fused-ring (bicyclic) bond motifs is 1. The van der Waals surface area contributed by atoms with Gasteiger partial charge in [-0.05, 0) is 54.7 Å². The third kappa shape index (κ3) is 5.10. The summed E-state index contributed by atoms with van der Waals surface area (Å²) in [5, 5.41) is 19.0. The molecule has 0 bridgehead atoms. The van der Waals surface area contributed by atoms with Gasteiger partial charge in [-0.2, -0.15) is 5.26 Å². The van der Waals surface area contributed by atoms with E-state index in [1.807, 2.05) is 18.2 Å². The van der Waals surface area contributed by atoms with Crippen molar-refractivity contribution in [3.63, 3.8) is 0 Å². The Morgan fingerprint density at radius 1 is 1.15 bits per heavy atom. The fourth-order valence-corrected chi connectivity index (χ4v) is 4.12. The van der Waals surface area contributed by atoms with E-state index in [1.165, 1.54) is 11.6 Å². The fraction of sp³-hybridized carbons (Fsp3) is 0.250. The van der Waals surface area contributed by atoms with Crippen LogP contribution in [0.3, 0.4) is 0 Å². The minimum Gasteiger partial charge on any atom is -0.493 e. The third-order valence-corrected chi connectivity index (χ3v) is 6.15. The standard InChI is InChI=1S/C28H25NO5/c1-18(19-5-3-2-4-6-19)7-12-25(30)20-8-10-22(11-9-20)34-26-16-27-24(15-21(26)17-29)23(28(31)32)13-14-33-27/h2-6,8-11,15-16,18,23H,7,12-14H2,1H3,(H,31,32)/t18-,23?/m1/s1. The van der Waals surface area contributed by atoms with Crippen molar-refractivity contribution in [3.05, 3.63) is 89.0 Å². The van der Waals surface area contributed by atoms with Gasteiger partial charge in [-0.3, -0.25) is 9.59 Å². The number of rotatable bonds is 8. The highest BCUT2D eigenvalue weighted by atomic mass is 16.5. The number of Topliss-reactive ketones (excluding diaryl/α,β-unsaturated/α-hetero) is 1. The summed E-state index contributed by atoms with van der Waals surface area (Å²) in [5.41, 5.74) is 2.53. The fourth-order valence-electron chi connectivity index (χ4n) is 4.12. The zero-order valence-electron chi connectivity index (χ0n) is 18.9. The lowest BCUT2D eigenvalue weighted by Gasteiger charge is -2.24. The van der Waals surface area contributed by atoms with Crippen LogP contribution in [0.25, 0.3) is 0 Å². The molecule has 172 valence electrons. The lowest BCUT2D eigenvalue weighted by atomic mass is 9.91. The number of nitrogens with zero attached hydrogens (tertiary/aromatic N) is 1. The van der Waals surface area contributed by atoms with Gasteiger partial charge in [0.1, 0.15) is 23.3 Å². The predicted molar refractivity (Wildman–Crippen MR) is 127 cm³/mol. The first-order valence-corrected chi connectivity index (χ1v) is 11.3. The molecule has 0 aliphatic carbocycles. The van der Waals surface area contributed by atoms with Crippen molar-refractivity contribution < 1.29 is 24.2 Å². The second-order valence-corrected chi connectivity index (χ2v) is 8.43. The van der Waals surface area contributed by atoms with E-state index in [1.54, 1.807) is 30.3 Å². The second kappa shape index (κ2) is 10.2. The van der Waals surface area contributed by atoms with Crippen LogP contribution >= 0.6 is 0 Å². The van der Waals surface area contributed by atoms with Gasteiger partial charge in [0.2, 0.25) is 0 Å². The maximum Gasteiger partial charge on any atom is 0.311 e. The van der Waals surface area contributed by atoms with Crippen molar-refractivity contribution in [3.8, 4) is 23.3 Å². The smallest absolute Gasteiger partial charge is 0.311 e. The summed E-state index contributed by atoms with van der Waals surface area (Å²) < 4.78 is 11.5. The van der Waals surface area contributed by atoms with Crippen molar-refractivity contribution in [2.24, 2.45) is 0 Å². The summed E-state index contributed by atoms with van der Waals surface area (Å²) in [6, 6.07) is 22.1. The minimum atomic E-state index is -0.944. The molecule has 0 amide bonds. The highest BCUT2D eigenvalue weighted by Gasteiger charge is 2.29.